The van der Waals surface area contributed by atoms with E-state index in [0.29, 0.717) is 18.2 Å². The minimum atomic E-state index is -4.61. The fourth-order valence-electron chi connectivity index (χ4n) is 2.55. The maximum Gasteiger partial charge on any atom is 0.417 e. The largest absolute Gasteiger partial charge is 0.496 e. The molecule has 2 rings (SSSR count). The Kier molecular flexibility index (Phi) is 6.44. The highest BCUT2D eigenvalue weighted by Crippen LogP contribution is 2.33. The molecule has 2 aromatic carbocycles. The Hall–Kier alpha value is -2.76. The van der Waals surface area contributed by atoms with Crippen LogP contribution in [-0.2, 0) is 11.2 Å². The number of amides is 1. The van der Waals surface area contributed by atoms with Crippen molar-refractivity contribution >= 4 is 11.5 Å². The number of benzene rings is 2. The molecule has 0 radical (unpaired) electrons. The lowest BCUT2D eigenvalue weighted by Crippen LogP contribution is -2.25. The van der Waals surface area contributed by atoms with Crippen LogP contribution >= 0.6 is 0 Å². The number of halogens is 3. The lowest BCUT2D eigenvalue weighted by atomic mass is 10.0. The highest BCUT2D eigenvalue weighted by Gasteiger charge is 2.35. The number of rotatable bonds is 6. The maximum absolute atomic E-state index is 13.2. The molecule has 0 aliphatic carbocycles. The van der Waals surface area contributed by atoms with Crippen molar-refractivity contribution in [1.29, 1.82) is 0 Å². The summed E-state index contributed by atoms with van der Waals surface area (Å²) >= 11 is 0. The zero-order chi connectivity index (χ0) is 19.2. The minimum absolute atomic E-state index is 0.0458. The van der Waals surface area contributed by atoms with Crippen LogP contribution in [0.2, 0.25) is 0 Å². The number of carbonyl (C=O) groups excluding carboxylic acids is 1. The molecule has 138 valence electrons. The van der Waals surface area contributed by atoms with E-state index in [1.807, 2.05) is 25.1 Å². The SMILES string of the molecule is COc1ccc(C)cc1CCNC(=O)/C=C(/c1ccccc1)C(F)(F)F. The van der Waals surface area contributed by atoms with Gasteiger partial charge in [0.25, 0.3) is 0 Å². The van der Waals surface area contributed by atoms with Gasteiger partial charge in [-0.05, 0) is 30.5 Å². The van der Waals surface area contributed by atoms with E-state index in [1.165, 1.54) is 24.3 Å². The van der Waals surface area contributed by atoms with Crippen LogP contribution in [-0.4, -0.2) is 25.7 Å². The second kappa shape index (κ2) is 8.56. The third kappa shape index (κ3) is 5.37. The smallest absolute Gasteiger partial charge is 0.417 e. The second-order valence-corrected chi connectivity index (χ2v) is 5.78. The average molecular weight is 363 g/mol. The van der Waals surface area contributed by atoms with Gasteiger partial charge in [0.05, 0.1) is 12.7 Å². The van der Waals surface area contributed by atoms with Gasteiger partial charge in [0, 0.05) is 12.6 Å². The van der Waals surface area contributed by atoms with Gasteiger partial charge in [0.2, 0.25) is 5.91 Å². The van der Waals surface area contributed by atoms with Crippen molar-refractivity contribution in [2.24, 2.45) is 0 Å². The molecule has 0 heterocycles. The molecule has 0 fully saturated rings. The molecular formula is C20H20F3NO2. The number of hydrogen-bond acceptors (Lipinski definition) is 2. The third-order valence-electron chi connectivity index (χ3n) is 3.80. The number of allylic oxidation sites excluding steroid dienone is 1. The number of methoxy groups -OCH3 is 1. The zero-order valence-corrected chi connectivity index (χ0v) is 14.6. The molecule has 6 heteroatoms. The monoisotopic (exact) mass is 363 g/mol. The van der Waals surface area contributed by atoms with E-state index in [-0.39, 0.29) is 12.1 Å². The first-order valence-corrected chi connectivity index (χ1v) is 8.07. The number of carbonyl (C=O) groups is 1. The predicted molar refractivity (Wildman–Crippen MR) is 94.9 cm³/mol. The van der Waals surface area contributed by atoms with Gasteiger partial charge in [-0.3, -0.25) is 4.79 Å². The van der Waals surface area contributed by atoms with Gasteiger partial charge in [-0.15, -0.1) is 0 Å². The first-order valence-electron chi connectivity index (χ1n) is 8.07. The Labute approximate surface area is 150 Å². The molecule has 1 amide bonds. The molecule has 0 saturated heterocycles. The average Bonchev–Trinajstić information content (AvgIpc) is 2.60. The van der Waals surface area contributed by atoms with Gasteiger partial charge < -0.3 is 10.1 Å². The molecule has 2 aromatic rings. The molecule has 3 nitrogen and oxygen atoms in total. The van der Waals surface area contributed by atoms with Crippen molar-refractivity contribution < 1.29 is 22.7 Å². The first-order chi connectivity index (χ1) is 12.3. The number of ether oxygens (including phenoxy) is 1. The standard InChI is InChI=1S/C20H20F3NO2/c1-14-8-9-18(26-2)16(12-14)10-11-24-19(25)13-17(20(21,22)23)15-6-4-3-5-7-15/h3-9,12-13H,10-11H2,1-2H3,(H,24,25)/b17-13-. The summed E-state index contributed by atoms with van der Waals surface area (Å²) in [6.07, 6.45) is -3.56. The fraction of sp³-hybridized carbons (Fsp3) is 0.250. The van der Waals surface area contributed by atoms with Crippen molar-refractivity contribution in [3.05, 3.63) is 71.3 Å². The Morgan fingerprint density at radius 3 is 2.46 bits per heavy atom. The Balaban J connectivity index is 2.07. The van der Waals surface area contributed by atoms with Gasteiger partial charge in [-0.1, -0.05) is 48.0 Å². The van der Waals surface area contributed by atoms with E-state index >= 15 is 0 Å². The van der Waals surface area contributed by atoms with E-state index in [2.05, 4.69) is 5.32 Å². The predicted octanol–water partition coefficient (Wildman–Crippen LogP) is 4.31. The van der Waals surface area contributed by atoms with Crippen molar-refractivity contribution in [3.8, 4) is 5.75 Å². The van der Waals surface area contributed by atoms with E-state index in [0.717, 1.165) is 11.1 Å². The summed E-state index contributed by atoms with van der Waals surface area (Å²) in [5, 5.41) is 2.50. The first kappa shape index (κ1) is 19.6. The van der Waals surface area contributed by atoms with E-state index in [4.69, 9.17) is 4.74 Å². The van der Waals surface area contributed by atoms with Crippen LogP contribution in [0.25, 0.3) is 5.57 Å². The lowest BCUT2D eigenvalue weighted by Gasteiger charge is -2.13. The van der Waals surface area contributed by atoms with E-state index in [9.17, 15) is 18.0 Å². The van der Waals surface area contributed by atoms with Crippen LogP contribution in [0.3, 0.4) is 0 Å². The zero-order valence-electron chi connectivity index (χ0n) is 14.6. The van der Waals surface area contributed by atoms with Crippen LogP contribution < -0.4 is 10.1 Å². The minimum Gasteiger partial charge on any atom is -0.496 e. The molecule has 0 bridgehead atoms. The van der Waals surface area contributed by atoms with Crippen LogP contribution in [0.4, 0.5) is 13.2 Å². The summed E-state index contributed by atoms with van der Waals surface area (Å²) in [7, 11) is 1.55. The van der Waals surface area contributed by atoms with Crippen molar-refractivity contribution in [2.45, 2.75) is 19.5 Å². The Morgan fingerprint density at radius 2 is 1.85 bits per heavy atom. The molecule has 1 N–H and O–H groups in total. The summed E-state index contributed by atoms with van der Waals surface area (Å²) < 4.78 is 44.9. The van der Waals surface area contributed by atoms with E-state index in [1.54, 1.807) is 13.2 Å². The highest BCUT2D eigenvalue weighted by molar-refractivity contribution is 5.96. The third-order valence-corrected chi connectivity index (χ3v) is 3.80. The van der Waals surface area contributed by atoms with Crippen LogP contribution in [0.1, 0.15) is 16.7 Å². The number of alkyl halides is 3. The Morgan fingerprint density at radius 1 is 1.15 bits per heavy atom. The number of hydrogen-bond donors (Lipinski definition) is 1. The van der Waals surface area contributed by atoms with Gasteiger partial charge in [0.15, 0.2) is 0 Å². The molecule has 0 aromatic heterocycles. The molecule has 0 aliphatic rings. The van der Waals surface area contributed by atoms with Gasteiger partial charge in [0.1, 0.15) is 5.75 Å². The summed E-state index contributed by atoms with van der Waals surface area (Å²) in [5.74, 6) is -0.103. The van der Waals surface area contributed by atoms with Gasteiger partial charge >= 0.3 is 6.18 Å². The highest BCUT2D eigenvalue weighted by atomic mass is 19.4. The van der Waals surface area contributed by atoms with Crippen LogP contribution in [0.5, 0.6) is 5.75 Å². The molecule has 0 atom stereocenters. The summed E-state index contributed by atoms with van der Waals surface area (Å²) in [6.45, 7) is 2.13. The summed E-state index contributed by atoms with van der Waals surface area (Å²) in [5.41, 5.74) is 0.908. The molecule has 0 unspecified atom stereocenters. The van der Waals surface area contributed by atoms with E-state index < -0.39 is 17.7 Å². The van der Waals surface area contributed by atoms with Gasteiger partial charge in [-0.25, -0.2) is 0 Å². The maximum atomic E-state index is 13.2. The Bertz CT molecular complexity index is 783. The fourth-order valence-corrected chi connectivity index (χ4v) is 2.55. The normalized spacial score (nSPS) is 12.0. The number of aryl methyl sites for hydroxylation is 1. The van der Waals surface area contributed by atoms with Crippen LogP contribution in [0, 0.1) is 6.92 Å². The van der Waals surface area contributed by atoms with Crippen LogP contribution in [0.15, 0.2) is 54.6 Å². The van der Waals surface area contributed by atoms with Crippen molar-refractivity contribution in [1.82, 2.24) is 5.32 Å². The topological polar surface area (TPSA) is 38.3 Å². The summed E-state index contributed by atoms with van der Waals surface area (Å²) in [6, 6.07) is 12.9. The van der Waals surface area contributed by atoms with Crippen molar-refractivity contribution in [2.75, 3.05) is 13.7 Å². The lowest BCUT2D eigenvalue weighted by molar-refractivity contribution is -0.116. The van der Waals surface area contributed by atoms with Crippen molar-refractivity contribution in [3.63, 3.8) is 0 Å². The quantitative estimate of drug-likeness (QED) is 0.777. The molecule has 26 heavy (non-hydrogen) atoms. The number of nitrogens with one attached hydrogen (secondary N) is 1. The molecule has 0 spiro atoms. The van der Waals surface area contributed by atoms with Gasteiger partial charge in [-0.2, -0.15) is 13.2 Å². The molecular weight excluding hydrogens is 343 g/mol. The molecule has 0 aliphatic heterocycles. The summed E-state index contributed by atoms with van der Waals surface area (Å²) in [4.78, 5) is 12.0. The molecule has 0 saturated carbocycles. The second-order valence-electron chi connectivity index (χ2n) is 5.78.